The first-order chi connectivity index (χ1) is 11.6. The molecule has 1 heterocycles. The summed E-state index contributed by atoms with van der Waals surface area (Å²) in [6.07, 6.45) is 2.67. The number of guanidine groups is 1. The molecule has 136 valence electrons. The Morgan fingerprint density at radius 3 is 2.60 bits per heavy atom. The van der Waals surface area contributed by atoms with Crippen LogP contribution in [0.1, 0.15) is 24.2 Å². The summed E-state index contributed by atoms with van der Waals surface area (Å²) in [6, 6.07) is 11.3. The fourth-order valence-electron chi connectivity index (χ4n) is 2.29. The average molecular weight is 475 g/mol. The van der Waals surface area contributed by atoms with Crippen LogP contribution < -0.4 is 5.32 Å². The number of pyridine rings is 1. The number of benzene rings is 1. The van der Waals surface area contributed by atoms with E-state index in [-0.39, 0.29) is 30.5 Å². The van der Waals surface area contributed by atoms with E-state index >= 15 is 0 Å². The molecule has 5 nitrogen and oxygen atoms in total. The first kappa shape index (κ1) is 21.7. The fourth-order valence-corrected chi connectivity index (χ4v) is 2.49. The summed E-state index contributed by atoms with van der Waals surface area (Å²) >= 11 is 6.22. The molecule has 0 aliphatic carbocycles. The molecule has 0 fully saturated rings. The number of nitrogens with zero attached hydrogens (tertiary/aromatic N) is 3. The molecule has 0 saturated carbocycles. The van der Waals surface area contributed by atoms with E-state index in [4.69, 9.17) is 11.6 Å². The van der Waals surface area contributed by atoms with Crippen molar-refractivity contribution in [3.63, 3.8) is 0 Å². The van der Waals surface area contributed by atoms with E-state index < -0.39 is 6.10 Å². The number of aliphatic hydroxyl groups is 1. The summed E-state index contributed by atoms with van der Waals surface area (Å²) in [4.78, 5) is 10.5. The van der Waals surface area contributed by atoms with Crippen molar-refractivity contribution in [1.29, 1.82) is 0 Å². The lowest BCUT2D eigenvalue weighted by Crippen LogP contribution is -2.38. The van der Waals surface area contributed by atoms with E-state index in [0.717, 1.165) is 28.7 Å². The molecule has 25 heavy (non-hydrogen) atoms. The molecule has 0 aliphatic rings. The number of aliphatic imine (C=N–C) groups is 1. The Hall–Kier alpha value is -1.38. The molecule has 1 unspecified atom stereocenters. The molecule has 0 amide bonds. The monoisotopic (exact) mass is 474 g/mol. The third-order valence-electron chi connectivity index (χ3n) is 3.57. The molecule has 0 saturated heterocycles. The molecule has 0 radical (unpaired) electrons. The van der Waals surface area contributed by atoms with Gasteiger partial charge in [-0.25, -0.2) is 0 Å². The number of hydrogen-bond acceptors (Lipinski definition) is 3. The van der Waals surface area contributed by atoms with Crippen molar-refractivity contribution in [2.45, 2.75) is 19.6 Å². The fraction of sp³-hybridized carbons (Fsp3) is 0.333. The van der Waals surface area contributed by atoms with E-state index in [9.17, 15) is 5.11 Å². The average Bonchev–Trinajstić information content (AvgIpc) is 2.61. The largest absolute Gasteiger partial charge is 0.386 e. The van der Waals surface area contributed by atoms with Crippen LogP contribution in [0.25, 0.3) is 0 Å². The van der Waals surface area contributed by atoms with Crippen LogP contribution >= 0.6 is 35.6 Å². The van der Waals surface area contributed by atoms with E-state index in [0.29, 0.717) is 6.54 Å². The highest BCUT2D eigenvalue weighted by molar-refractivity contribution is 14.0. The third kappa shape index (κ3) is 6.80. The molecular weight excluding hydrogens is 451 g/mol. The molecule has 2 rings (SSSR count). The van der Waals surface area contributed by atoms with Gasteiger partial charge in [0.2, 0.25) is 0 Å². The number of rotatable bonds is 6. The first-order valence-electron chi connectivity index (χ1n) is 7.92. The summed E-state index contributed by atoms with van der Waals surface area (Å²) in [5, 5.41) is 14.2. The summed E-state index contributed by atoms with van der Waals surface area (Å²) in [5.74, 6) is 0.727. The van der Waals surface area contributed by atoms with Gasteiger partial charge in [-0.2, -0.15) is 0 Å². The van der Waals surface area contributed by atoms with Crippen LogP contribution in [0.15, 0.2) is 53.8 Å². The summed E-state index contributed by atoms with van der Waals surface area (Å²) in [6.45, 7) is 3.67. The van der Waals surface area contributed by atoms with E-state index in [1.165, 1.54) is 0 Å². The van der Waals surface area contributed by atoms with Crippen molar-refractivity contribution in [2.75, 3.05) is 20.1 Å². The van der Waals surface area contributed by atoms with Crippen molar-refractivity contribution in [3.05, 3.63) is 64.9 Å². The number of aromatic nitrogens is 1. The van der Waals surface area contributed by atoms with Crippen LogP contribution in [-0.4, -0.2) is 41.1 Å². The quantitative estimate of drug-likeness (QED) is 0.382. The Morgan fingerprint density at radius 1 is 1.28 bits per heavy atom. The Morgan fingerprint density at radius 2 is 1.96 bits per heavy atom. The molecule has 1 aromatic carbocycles. The third-order valence-corrected chi connectivity index (χ3v) is 3.94. The van der Waals surface area contributed by atoms with E-state index in [1.54, 1.807) is 24.5 Å². The summed E-state index contributed by atoms with van der Waals surface area (Å²) < 4.78 is 0. The number of hydrogen-bond donors (Lipinski definition) is 2. The van der Waals surface area contributed by atoms with Crippen LogP contribution in [0.4, 0.5) is 0 Å². The Kier molecular flexibility index (Phi) is 9.77. The lowest BCUT2D eigenvalue weighted by atomic mass is 10.1. The number of nitrogens with one attached hydrogen (secondary N) is 1. The molecule has 7 heteroatoms. The van der Waals surface area contributed by atoms with E-state index in [2.05, 4.69) is 15.3 Å². The maximum atomic E-state index is 10.3. The van der Waals surface area contributed by atoms with Gasteiger partial charge in [0, 0.05) is 37.6 Å². The predicted molar refractivity (Wildman–Crippen MR) is 114 cm³/mol. The highest BCUT2D eigenvalue weighted by Gasteiger charge is 2.11. The zero-order valence-corrected chi connectivity index (χ0v) is 17.5. The van der Waals surface area contributed by atoms with Crippen LogP contribution in [0.3, 0.4) is 0 Å². The van der Waals surface area contributed by atoms with Gasteiger partial charge >= 0.3 is 0 Å². The lowest BCUT2D eigenvalue weighted by molar-refractivity contribution is 0.186. The molecule has 0 aliphatic heterocycles. The number of halogens is 2. The standard InChI is InChI=1S/C18H23ClN4O.HI/c1-3-21-18(22-12-17(24)14-8-10-20-11-9-14)23(2)13-15-6-4-5-7-16(15)19;/h4-11,17,24H,3,12-13H2,1-2H3,(H,21,22);1H. The van der Waals surface area contributed by atoms with Gasteiger partial charge in [-0.15, -0.1) is 24.0 Å². The molecule has 2 aromatic rings. The van der Waals surface area contributed by atoms with Gasteiger partial charge < -0.3 is 15.3 Å². The molecule has 1 atom stereocenters. The number of aliphatic hydroxyl groups excluding tert-OH is 1. The minimum atomic E-state index is -0.657. The second kappa shape index (κ2) is 11.3. The van der Waals surface area contributed by atoms with Gasteiger partial charge in [0.25, 0.3) is 0 Å². The Bertz CT molecular complexity index is 669. The molecule has 2 N–H and O–H groups in total. The van der Waals surface area contributed by atoms with Crippen LogP contribution in [-0.2, 0) is 6.54 Å². The second-order valence-electron chi connectivity index (χ2n) is 5.44. The minimum Gasteiger partial charge on any atom is -0.386 e. The normalized spacial score (nSPS) is 12.2. The maximum Gasteiger partial charge on any atom is 0.194 e. The molecule has 0 bridgehead atoms. The topological polar surface area (TPSA) is 60.8 Å². The zero-order valence-electron chi connectivity index (χ0n) is 14.4. The smallest absolute Gasteiger partial charge is 0.194 e. The lowest BCUT2D eigenvalue weighted by Gasteiger charge is -2.23. The highest BCUT2D eigenvalue weighted by atomic mass is 127. The molecule has 0 spiro atoms. The minimum absolute atomic E-state index is 0. The van der Waals surface area contributed by atoms with E-state index in [1.807, 2.05) is 43.1 Å². The van der Waals surface area contributed by atoms with Gasteiger partial charge in [0.1, 0.15) is 0 Å². The Balaban J connectivity index is 0.00000312. The van der Waals surface area contributed by atoms with Gasteiger partial charge in [-0.1, -0.05) is 29.8 Å². The second-order valence-corrected chi connectivity index (χ2v) is 5.85. The molecular formula is C18H24ClIN4O. The highest BCUT2D eigenvalue weighted by Crippen LogP contribution is 2.17. The molecule has 1 aromatic heterocycles. The van der Waals surface area contributed by atoms with Crippen molar-refractivity contribution in [2.24, 2.45) is 4.99 Å². The maximum absolute atomic E-state index is 10.3. The SMILES string of the molecule is CCNC(=NCC(O)c1ccncc1)N(C)Cc1ccccc1Cl.I. The van der Waals surface area contributed by atoms with Crippen LogP contribution in [0, 0.1) is 0 Å². The van der Waals surface area contributed by atoms with Crippen LogP contribution in [0.2, 0.25) is 5.02 Å². The van der Waals surface area contributed by atoms with Crippen molar-refractivity contribution < 1.29 is 5.11 Å². The predicted octanol–water partition coefficient (Wildman–Crippen LogP) is 3.48. The Labute approximate surface area is 171 Å². The first-order valence-corrected chi connectivity index (χ1v) is 8.30. The van der Waals surface area contributed by atoms with Gasteiger partial charge in [0.05, 0.1) is 12.6 Å². The van der Waals surface area contributed by atoms with Crippen molar-refractivity contribution >= 4 is 41.5 Å². The summed E-state index contributed by atoms with van der Waals surface area (Å²) in [7, 11) is 1.95. The zero-order chi connectivity index (χ0) is 17.4. The van der Waals surface area contributed by atoms with Crippen molar-refractivity contribution in [1.82, 2.24) is 15.2 Å². The van der Waals surface area contributed by atoms with Gasteiger partial charge in [0.15, 0.2) is 5.96 Å². The van der Waals surface area contributed by atoms with Crippen LogP contribution in [0.5, 0.6) is 0 Å². The van der Waals surface area contributed by atoms with Gasteiger partial charge in [-0.05, 0) is 36.2 Å². The van der Waals surface area contributed by atoms with Crippen molar-refractivity contribution in [3.8, 4) is 0 Å². The van der Waals surface area contributed by atoms with Gasteiger partial charge in [-0.3, -0.25) is 9.98 Å². The summed E-state index contributed by atoms with van der Waals surface area (Å²) in [5.41, 5.74) is 1.83.